The van der Waals surface area contributed by atoms with Crippen LogP contribution in [0.3, 0.4) is 0 Å². The van der Waals surface area contributed by atoms with Crippen LogP contribution < -0.4 is 5.32 Å². The highest BCUT2D eigenvalue weighted by Crippen LogP contribution is 2.28. The van der Waals surface area contributed by atoms with Crippen LogP contribution >= 0.6 is 0 Å². The van der Waals surface area contributed by atoms with E-state index in [-0.39, 0.29) is 22.5 Å². The first-order valence-corrected chi connectivity index (χ1v) is 9.37. The lowest BCUT2D eigenvalue weighted by molar-refractivity contribution is 0.0697. The molecular weight excluding hydrogens is 371 g/mol. The molecule has 2 aromatic heterocycles. The van der Waals surface area contributed by atoms with Crippen LogP contribution in [0.2, 0.25) is 0 Å². The van der Waals surface area contributed by atoms with Crippen LogP contribution in [0.4, 0.5) is 16.0 Å². The van der Waals surface area contributed by atoms with Crippen molar-refractivity contribution in [2.45, 2.75) is 41.0 Å². The van der Waals surface area contributed by atoms with E-state index in [2.05, 4.69) is 36.2 Å². The van der Waals surface area contributed by atoms with Crippen molar-refractivity contribution in [1.29, 1.82) is 0 Å². The summed E-state index contributed by atoms with van der Waals surface area (Å²) in [5.41, 5.74) is 2.63. The van der Waals surface area contributed by atoms with Crippen molar-refractivity contribution in [2.75, 3.05) is 5.32 Å². The number of rotatable bonds is 5. The van der Waals surface area contributed by atoms with Crippen molar-refractivity contribution in [3.05, 3.63) is 64.7 Å². The number of aromatic carboxylic acids is 1. The summed E-state index contributed by atoms with van der Waals surface area (Å²) >= 11 is 0. The summed E-state index contributed by atoms with van der Waals surface area (Å²) in [6.45, 7) is 9.94. The highest BCUT2D eigenvalue weighted by molar-refractivity contribution is 5.93. The summed E-state index contributed by atoms with van der Waals surface area (Å²) in [4.78, 5) is 15.9. The summed E-state index contributed by atoms with van der Waals surface area (Å²) in [6.07, 6.45) is 0.676. The number of carbonyl (C=O) groups is 1. The SMILES string of the molecule is Cc1ccc(F)c(-n2nc(CC(C)(C)C)cc2Nc2nc(C)ccc2C(=O)O)c1. The third-order valence-corrected chi connectivity index (χ3v) is 4.31. The Morgan fingerprint density at radius 1 is 1.17 bits per heavy atom. The quantitative estimate of drug-likeness (QED) is 0.631. The fraction of sp³-hybridized carbons (Fsp3) is 0.318. The molecule has 0 aliphatic carbocycles. The smallest absolute Gasteiger partial charge is 0.339 e. The molecule has 7 heteroatoms. The first kappa shape index (κ1) is 20.5. The number of hydrogen-bond donors (Lipinski definition) is 2. The number of carboxylic acids is 1. The summed E-state index contributed by atoms with van der Waals surface area (Å²) < 4.78 is 16.1. The molecule has 3 aromatic rings. The number of hydrogen-bond acceptors (Lipinski definition) is 4. The van der Waals surface area contributed by atoms with Gasteiger partial charge in [0, 0.05) is 11.8 Å². The normalized spacial score (nSPS) is 11.5. The molecule has 3 rings (SSSR count). The number of benzene rings is 1. The third kappa shape index (κ3) is 4.80. The first-order valence-electron chi connectivity index (χ1n) is 9.37. The van der Waals surface area contributed by atoms with Crippen LogP contribution in [0.25, 0.3) is 5.69 Å². The van der Waals surface area contributed by atoms with Gasteiger partial charge in [-0.15, -0.1) is 0 Å². The van der Waals surface area contributed by atoms with Gasteiger partial charge in [-0.25, -0.2) is 18.9 Å². The molecule has 0 fully saturated rings. The minimum atomic E-state index is -1.09. The van der Waals surface area contributed by atoms with Gasteiger partial charge in [-0.2, -0.15) is 5.10 Å². The minimum absolute atomic E-state index is 0.0184. The van der Waals surface area contributed by atoms with E-state index in [4.69, 9.17) is 0 Å². The van der Waals surface area contributed by atoms with Gasteiger partial charge in [0.15, 0.2) is 0 Å². The van der Waals surface area contributed by atoms with E-state index in [0.717, 1.165) is 11.3 Å². The number of nitrogens with one attached hydrogen (secondary N) is 1. The lowest BCUT2D eigenvalue weighted by Crippen LogP contribution is -2.11. The van der Waals surface area contributed by atoms with Crippen molar-refractivity contribution in [1.82, 2.24) is 14.8 Å². The first-order chi connectivity index (χ1) is 13.5. The van der Waals surface area contributed by atoms with Crippen molar-refractivity contribution < 1.29 is 14.3 Å². The van der Waals surface area contributed by atoms with Crippen LogP contribution in [0.1, 0.15) is 48.1 Å². The maximum atomic E-state index is 14.6. The molecule has 0 saturated heterocycles. The molecule has 0 saturated carbocycles. The zero-order valence-electron chi connectivity index (χ0n) is 17.2. The molecule has 0 radical (unpaired) electrons. The molecule has 0 aliphatic rings. The molecule has 6 nitrogen and oxygen atoms in total. The third-order valence-electron chi connectivity index (χ3n) is 4.31. The van der Waals surface area contributed by atoms with E-state index in [1.165, 1.54) is 16.8 Å². The monoisotopic (exact) mass is 396 g/mol. The van der Waals surface area contributed by atoms with E-state index in [1.54, 1.807) is 25.1 Å². The molecular formula is C22H25FN4O2. The number of pyridine rings is 1. The molecule has 0 atom stereocenters. The van der Waals surface area contributed by atoms with Gasteiger partial charge in [0.05, 0.1) is 5.69 Å². The van der Waals surface area contributed by atoms with Crippen molar-refractivity contribution >= 4 is 17.6 Å². The van der Waals surface area contributed by atoms with Gasteiger partial charge < -0.3 is 10.4 Å². The predicted molar refractivity (Wildman–Crippen MR) is 111 cm³/mol. The fourth-order valence-corrected chi connectivity index (χ4v) is 3.06. The van der Waals surface area contributed by atoms with Gasteiger partial charge in [-0.1, -0.05) is 26.8 Å². The molecule has 0 aliphatic heterocycles. The average Bonchev–Trinajstić information content (AvgIpc) is 2.97. The fourth-order valence-electron chi connectivity index (χ4n) is 3.06. The zero-order valence-corrected chi connectivity index (χ0v) is 17.2. The van der Waals surface area contributed by atoms with Gasteiger partial charge in [0.2, 0.25) is 0 Å². The number of anilines is 2. The largest absolute Gasteiger partial charge is 0.478 e. The van der Waals surface area contributed by atoms with E-state index in [0.29, 0.717) is 17.9 Å². The average molecular weight is 396 g/mol. The van der Waals surface area contributed by atoms with Crippen LogP contribution in [0, 0.1) is 25.1 Å². The molecule has 2 N–H and O–H groups in total. The van der Waals surface area contributed by atoms with Gasteiger partial charge in [-0.3, -0.25) is 0 Å². The Labute approximate surface area is 169 Å². The van der Waals surface area contributed by atoms with E-state index < -0.39 is 11.8 Å². The second kappa shape index (κ2) is 7.66. The van der Waals surface area contributed by atoms with Crippen LogP contribution in [0.5, 0.6) is 0 Å². The van der Waals surface area contributed by atoms with Crippen LogP contribution in [0.15, 0.2) is 36.4 Å². The molecule has 0 spiro atoms. The van der Waals surface area contributed by atoms with Crippen LogP contribution in [-0.4, -0.2) is 25.8 Å². The topological polar surface area (TPSA) is 80.0 Å². The lowest BCUT2D eigenvalue weighted by Gasteiger charge is -2.15. The maximum absolute atomic E-state index is 14.6. The molecule has 1 aromatic carbocycles. The lowest BCUT2D eigenvalue weighted by atomic mass is 9.91. The Hall–Kier alpha value is -3.22. The van der Waals surface area contributed by atoms with Crippen molar-refractivity contribution in [2.24, 2.45) is 5.41 Å². The molecule has 152 valence electrons. The van der Waals surface area contributed by atoms with E-state index in [9.17, 15) is 14.3 Å². The molecule has 0 amide bonds. The number of aryl methyl sites for hydroxylation is 2. The number of aromatic nitrogens is 3. The van der Waals surface area contributed by atoms with Gasteiger partial charge in [0.1, 0.15) is 28.7 Å². The number of carboxylic acid groups (broad SMARTS) is 1. The minimum Gasteiger partial charge on any atom is -0.478 e. The highest BCUT2D eigenvalue weighted by atomic mass is 19.1. The van der Waals surface area contributed by atoms with Crippen LogP contribution in [-0.2, 0) is 6.42 Å². The summed E-state index contributed by atoms with van der Waals surface area (Å²) in [7, 11) is 0. The molecule has 0 unspecified atom stereocenters. The standard InChI is InChI=1S/C22H25FN4O2/c1-13-6-9-17(23)18(10-13)27-19(11-15(26-27)12-22(3,4)5)25-20-16(21(28)29)8-7-14(2)24-20/h6-11H,12H2,1-5H3,(H,24,25)(H,28,29). The maximum Gasteiger partial charge on any atom is 0.339 e. The van der Waals surface area contributed by atoms with Gasteiger partial charge in [0.25, 0.3) is 0 Å². The zero-order chi connectivity index (χ0) is 21.3. The van der Waals surface area contributed by atoms with E-state index >= 15 is 0 Å². The Morgan fingerprint density at radius 2 is 1.90 bits per heavy atom. The van der Waals surface area contributed by atoms with Crippen molar-refractivity contribution in [3.63, 3.8) is 0 Å². The highest BCUT2D eigenvalue weighted by Gasteiger charge is 2.20. The molecule has 0 bridgehead atoms. The van der Waals surface area contributed by atoms with Crippen molar-refractivity contribution in [3.8, 4) is 5.69 Å². The summed E-state index contributed by atoms with van der Waals surface area (Å²) in [5.74, 6) is -0.870. The van der Waals surface area contributed by atoms with Gasteiger partial charge >= 0.3 is 5.97 Å². The second-order valence-corrected chi connectivity index (χ2v) is 8.40. The molecule has 2 heterocycles. The molecule has 29 heavy (non-hydrogen) atoms. The second-order valence-electron chi connectivity index (χ2n) is 8.40. The number of halogens is 1. The summed E-state index contributed by atoms with van der Waals surface area (Å²) in [6, 6.07) is 9.73. The Bertz CT molecular complexity index is 1070. The predicted octanol–water partition coefficient (Wildman–Crippen LogP) is 5.05. The van der Waals surface area contributed by atoms with Gasteiger partial charge in [-0.05, 0) is 55.5 Å². The Balaban J connectivity index is 2.14. The summed E-state index contributed by atoms with van der Waals surface area (Å²) in [5, 5.41) is 17.2. The number of nitrogens with zero attached hydrogens (tertiary/aromatic N) is 3. The Morgan fingerprint density at radius 3 is 2.55 bits per heavy atom. The van der Waals surface area contributed by atoms with E-state index in [1.807, 2.05) is 13.0 Å². The Kier molecular flexibility index (Phi) is 5.42.